The molecule has 62 valence electrons. The van der Waals surface area contributed by atoms with Gasteiger partial charge < -0.3 is 0 Å². The second-order valence-corrected chi connectivity index (χ2v) is 3.51. The number of amides is 1. The lowest BCUT2D eigenvalue weighted by molar-refractivity contribution is -0.115. The Morgan fingerprint density at radius 2 is 2.09 bits per heavy atom. The Bertz CT molecular complexity index is 304. The Hall–Kier alpha value is -1.04. The highest BCUT2D eigenvalue weighted by atomic mass is 32.2. The lowest BCUT2D eigenvalue weighted by Gasteiger charge is -2.14. The Kier molecular flexibility index (Phi) is 1.86. The predicted octanol–water partition coefficient (Wildman–Crippen LogP) is -0.756. The van der Waals surface area contributed by atoms with Gasteiger partial charge in [-0.25, -0.2) is 4.72 Å². The molecule has 2 N–H and O–H groups in total. The van der Waals surface area contributed by atoms with Crippen molar-refractivity contribution in [3.8, 4) is 0 Å². The van der Waals surface area contributed by atoms with E-state index in [9.17, 15) is 13.2 Å². The van der Waals surface area contributed by atoms with E-state index in [-0.39, 0.29) is 0 Å². The molecule has 1 aliphatic rings. The SMILES string of the molecule is CCC1=CC(=O)NS(=O)(=O)N1. The van der Waals surface area contributed by atoms with Crippen LogP contribution in [0.3, 0.4) is 0 Å². The van der Waals surface area contributed by atoms with Crippen LogP contribution in [-0.4, -0.2) is 14.3 Å². The zero-order valence-corrected chi connectivity index (χ0v) is 6.73. The van der Waals surface area contributed by atoms with Crippen molar-refractivity contribution in [1.82, 2.24) is 9.44 Å². The first-order chi connectivity index (χ1) is 5.03. The summed E-state index contributed by atoms with van der Waals surface area (Å²) in [5.74, 6) is -0.597. The smallest absolute Gasteiger partial charge is 0.270 e. The van der Waals surface area contributed by atoms with Crippen molar-refractivity contribution in [3.05, 3.63) is 11.8 Å². The molecular weight excluding hydrogens is 168 g/mol. The van der Waals surface area contributed by atoms with E-state index in [0.29, 0.717) is 12.1 Å². The van der Waals surface area contributed by atoms with Crippen molar-refractivity contribution >= 4 is 16.1 Å². The van der Waals surface area contributed by atoms with Crippen LogP contribution in [0.1, 0.15) is 13.3 Å². The van der Waals surface area contributed by atoms with Gasteiger partial charge in [0.1, 0.15) is 0 Å². The molecule has 0 radical (unpaired) electrons. The van der Waals surface area contributed by atoms with E-state index in [0.717, 1.165) is 0 Å². The van der Waals surface area contributed by atoms with Crippen molar-refractivity contribution in [2.45, 2.75) is 13.3 Å². The third kappa shape index (κ3) is 1.94. The van der Waals surface area contributed by atoms with Crippen LogP contribution in [0.25, 0.3) is 0 Å². The summed E-state index contributed by atoms with van der Waals surface area (Å²) >= 11 is 0. The van der Waals surface area contributed by atoms with E-state index < -0.39 is 16.1 Å². The molecule has 1 rings (SSSR count). The van der Waals surface area contributed by atoms with E-state index in [1.807, 2.05) is 0 Å². The molecular formula is C5H8N2O3S. The number of allylic oxidation sites excluding steroid dienone is 1. The molecule has 0 aliphatic carbocycles. The minimum Gasteiger partial charge on any atom is -0.270 e. The lowest BCUT2D eigenvalue weighted by Crippen LogP contribution is -2.43. The van der Waals surface area contributed by atoms with Gasteiger partial charge in [-0.05, 0) is 6.42 Å². The van der Waals surface area contributed by atoms with Crippen molar-refractivity contribution < 1.29 is 13.2 Å². The van der Waals surface area contributed by atoms with Crippen molar-refractivity contribution in [1.29, 1.82) is 0 Å². The summed E-state index contributed by atoms with van der Waals surface area (Å²) in [6.45, 7) is 1.76. The van der Waals surface area contributed by atoms with E-state index in [4.69, 9.17) is 0 Å². The maximum atomic E-state index is 10.7. The predicted molar refractivity (Wildman–Crippen MR) is 38.6 cm³/mol. The summed E-state index contributed by atoms with van der Waals surface area (Å²) in [4.78, 5) is 10.6. The maximum absolute atomic E-state index is 10.7. The van der Waals surface area contributed by atoms with Crippen LogP contribution in [0.15, 0.2) is 11.8 Å². The molecule has 11 heavy (non-hydrogen) atoms. The van der Waals surface area contributed by atoms with Crippen molar-refractivity contribution in [3.63, 3.8) is 0 Å². The minimum atomic E-state index is -3.61. The second-order valence-electron chi connectivity index (χ2n) is 2.09. The Morgan fingerprint density at radius 1 is 1.45 bits per heavy atom. The van der Waals surface area contributed by atoms with Crippen LogP contribution in [0.4, 0.5) is 0 Å². The molecule has 1 amide bonds. The molecule has 0 spiro atoms. The van der Waals surface area contributed by atoms with Crippen LogP contribution >= 0.6 is 0 Å². The minimum absolute atomic E-state index is 0.411. The molecule has 1 aliphatic heterocycles. The fraction of sp³-hybridized carbons (Fsp3) is 0.400. The lowest BCUT2D eigenvalue weighted by atomic mass is 10.3. The first-order valence-corrected chi connectivity index (χ1v) is 4.57. The van der Waals surface area contributed by atoms with Crippen LogP contribution in [0, 0.1) is 0 Å². The Labute approximate surface area is 64.7 Å². The molecule has 0 atom stereocenters. The quantitative estimate of drug-likeness (QED) is 0.551. The fourth-order valence-electron chi connectivity index (χ4n) is 0.722. The molecule has 0 saturated carbocycles. The van der Waals surface area contributed by atoms with Crippen molar-refractivity contribution in [2.24, 2.45) is 0 Å². The van der Waals surface area contributed by atoms with Gasteiger partial charge in [-0.15, -0.1) is 0 Å². The molecule has 0 aromatic heterocycles. The molecule has 0 saturated heterocycles. The maximum Gasteiger partial charge on any atom is 0.323 e. The van der Waals surface area contributed by atoms with E-state index in [1.165, 1.54) is 6.08 Å². The number of hydrogen-bond donors (Lipinski definition) is 2. The van der Waals surface area contributed by atoms with Gasteiger partial charge >= 0.3 is 10.2 Å². The zero-order valence-electron chi connectivity index (χ0n) is 5.92. The van der Waals surface area contributed by atoms with E-state index in [1.54, 1.807) is 11.6 Å². The number of carbonyl (C=O) groups excluding carboxylic acids is 1. The summed E-state index contributed by atoms with van der Waals surface area (Å²) in [6, 6.07) is 0. The molecule has 0 aromatic carbocycles. The Balaban J connectivity index is 2.96. The highest BCUT2D eigenvalue weighted by Gasteiger charge is 2.19. The average molecular weight is 176 g/mol. The molecule has 0 bridgehead atoms. The van der Waals surface area contributed by atoms with Gasteiger partial charge in [0, 0.05) is 11.8 Å². The first kappa shape index (κ1) is 8.06. The van der Waals surface area contributed by atoms with E-state index in [2.05, 4.69) is 4.72 Å². The third-order valence-electron chi connectivity index (χ3n) is 1.19. The average Bonchev–Trinajstić information content (AvgIpc) is 1.83. The topological polar surface area (TPSA) is 75.3 Å². The molecule has 0 fully saturated rings. The van der Waals surface area contributed by atoms with Crippen LogP contribution in [0.2, 0.25) is 0 Å². The molecule has 6 heteroatoms. The van der Waals surface area contributed by atoms with Crippen LogP contribution < -0.4 is 9.44 Å². The van der Waals surface area contributed by atoms with Gasteiger partial charge in [0.15, 0.2) is 0 Å². The molecule has 0 unspecified atom stereocenters. The summed E-state index contributed by atoms with van der Waals surface area (Å²) in [5.41, 5.74) is 0.411. The molecule has 0 aromatic rings. The molecule has 5 nitrogen and oxygen atoms in total. The summed E-state index contributed by atoms with van der Waals surface area (Å²) < 4.78 is 25.4. The van der Waals surface area contributed by atoms with Crippen molar-refractivity contribution in [2.75, 3.05) is 0 Å². The standard InChI is InChI=1S/C5H8N2O3S/c1-2-4-3-5(8)7-11(9,10)6-4/h3,6H,2H2,1H3,(H,7,8). The number of hydrogen-bond acceptors (Lipinski definition) is 3. The van der Waals surface area contributed by atoms with Gasteiger partial charge in [0.2, 0.25) is 0 Å². The van der Waals surface area contributed by atoms with Gasteiger partial charge in [-0.3, -0.25) is 9.52 Å². The highest BCUT2D eigenvalue weighted by molar-refractivity contribution is 7.88. The third-order valence-corrected chi connectivity index (χ3v) is 2.19. The second kappa shape index (κ2) is 2.54. The van der Waals surface area contributed by atoms with Crippen LogP contribution in [-0.2, 0) is 15.0 Å². The number of carbonyl (C=O) groups is 1. The normalized spacial score (nSPS) is 21.5. The van der Waals surface area contributed by atoms with Crippen LogP contribution in [0.5, 0.6) is 0 Å². The monoisotopic (exact) mass is 176 g/mol. The number of rotatable bonds is 1. The fourth-order valence-corrected chi connectivity index (χ4v) is 1.65. The Morgan fingerprint density at radius 3 is 2.55 bits per heavy atom. The highest BCUT2D eigenvalue weighted by Crippen LogP contribution is 2.01. The van der Waals surface area contributed by atoms with Gasteiger partial charge in [-0.2, -0.15) is 8.42 Å². The first-order valence-electron chi connectivity index (χ1n) is 3.08. The number of nitrogens with one attached hydrogen (secondary N) is 2. The summed E-state index contributed by atoms with van der Waals surface area (Å²) in [5, 5.41) is 0. The molecule has 1 heterocycles. The summed E-state index contributed by atoms with van der Waals surface area (Å²) in [6.07, 6.45) is 1.72. The van der Waals surface area contributed by atoms with Gasteiger partial charge in [-0.1, -0.05) is 6.92 Å². The largest absolute Gasteiger partial charge is 0.323 e. The van der Waals surface area contributed by atoms with Gasteiger partial charge in [0.25, 0.3) is 5.91 Å². The van der Waals surface area contributed by atoms with Gasteiger partial charge in [0.05, 0.1) is 0 Å². The van der Waals surface area contributed by atoms with E-state index >= 15 is 0 Å². The summed E-state index contributed by atoms with van der Waals surface area (Å²) in [7, 11) is -3.61. The zero-order chi connectivity index (χ0) is 8.48.